The fourth-order valence-electron chi connectivity index (χ4n) is 2.15. The van der Waals surface area contributed by atoms with Crippen LogP contribution in [0.25, 0.3) is 0 Å². The van der Waals surface area contributed by atoms with Gasteiger partial charge in [0.2, 0.25) is 0 Å². The topological polar surface area (TPSA) is 45.7 Å². The molecule has 1 aromatic carbocycles. The highest BCUT2D eigenvalue weighted by Gasteiger charge is 2.00. The summed E-state index contributed by atoms with van der Waals surface area (Å²) in [7, 11) is 0. The second-order valence-corrected chi connectivity index (χ2v) is 5.06. The number of aliphatic imine (C=N–C) groups is 1. The van der Waals surface area contributed by atoms with E-state index in [1.807, 2.05) is 6.92 Å². The smallest absolute Gasteiger partial charge is 0.191 e. The Labute approximate surface area is 129 Å². The van der Waals surface area contributed by atoms with Gasteiger partial charge in [0.1, 0.15) is 0 Å². The molecule has 2 N–H and O–H groups in total. The SMILES string of the molecule is CCNC(=NCCOCC)NCCc1ccc(C)cc1C. The van der Waals surface area contributed by atoms with Gasteiger partial charge in [-0.25, -0.2) is 0 Å². The lowest BCUT2D eigenvalue weighted by Gasteiger charge is -2.12. The van der Waals surface area contributed by atoms with Crippen LogP contribution in [0, 0.1) is 13.8 Å². The molecule has 0 heterocycles. The minimum atomic E-state index is 0.671. The molecule has 0 radical (unpaired) electrons. The molecule has 0 aliphatic heterocycles. The first-order valence-corrected chi connectivity index (χ1v) is 7.83. The number of hydrogen-bond donors (Lipinski definition) is 2. The van der Waals surface area contributed by atoms with Gasteiger partial charge in [-0.1, -0.05) is 23.8 Å². The number of hydrogen-bond acceptors (Lipinski definition) is 2. The van der Waals surface area contributed by atoms with E-state index in [-0.39, 0.29) is 0 Å². The summed E-state index contributed by atoms with van der Waals surface area (Å²) >= 11 is 0. The summed E-state index contributed by atoms with van der Waals surface area (Å²) in [5.41, 5.74) is 4.06. The molecule has 0 amide bonds. The van der Waals surface area contributed by atoms with E-state index in [0.717, 1.165) is 32.1 Å². The van der Waals surface area contributed by atoms with E-state index in [0.29, 0.717) is 13.2 Å². The van der Waals surface area contributed by atoms with Crippen LogP contribution in [-0.2, 0) is 11.2 Å². The van der Waals surface area contributed by atoms with Gasteiger partial charge in [0, 0.05) is 19.7 Å². The summed E-state index contributed by atoms with van der Waals surface area (Å²) in [4.78, 5) is 4.49. The van der Waals surface area contributed by atoms with Crippen molar-refractivity contribution in [2.24, 2.45) is 4.99 Å². The Kier molecular flexibility index (Phi) is 8.51. The highest BCUT2D eigenvalue weighted by atomic mass is 16.5. The third-order valence-corrected chi connectivity index (χ3v) is 3.24. The predicted molar refractivity (Wildman–Crippen MR) is 90.1 cm³/mol. The molecule has 0 atom stereocenters. The van der Waals surface area contributed by atoms with Crippen LogP contribution in [0.3, 0.4) is 0 Å². The number of rotatable bonds is 8. The second kappa shape index (κ2) is 10.2. The maximum Gasteiger partial charge on any atom is 0.191 e. The van der Waals surface area contributed by atoms with Gasteiger partial charge >= 0.3 is 0 Å². The fourth-order valence-corrected chi connectivity index (χ4v) is 2.15. The van der Waals surface area contributed by atoms with Gasteiger partial charge in [-0.15, -0.1) is 0 Å². The molecule has 0 aliphatic carbocycles. The lowest BCUT2D eigenvalue weighted by atomic mass is 10.0. The maximum atomic E-state index is 5.30. The van der Waals surface area contributed by atoms with Crippen LogP contribution in [0.5, 0.6) is 0 Å². The summed E-state index contributed by atoms with van der Waals surface area (Å²) in [5.74, 6) is 0.863. The molecular formula is C17H29N3O. The minimum absolute atomic E-state index is 0.671. The van der Waals surface area contributed by atoms with Gasteiger partial charge < -0.3 is 15.4 Å². The zero-order valence-corrected chi connectivity index (χ0v) is 13.8. The molecule has 118 valence electrons. The third kappa shape index (κ3) is 7.14. The Bertz CT molecular complexity index is 444. The summed E-state index contributed by atoms with van der Waals surface area (Å²) in [6, 6.07) is 6.62. The molecule has 0 saturated carbocycles. The van der Waals surface area contributed by atoms with Crippen molar-refractivity contribution in [3.8, 4) is 0 Å². The van der Waals surface area contributed by atoms with E-state index in [1.165, 1.54) is 16.7 Å². The monoisotopic (exact) mass is 291 g/mol. The largest absolute Gasteiger partial charge is 0.380 e. The zero-order chi connectivity index (χ0) is 15.5. The van der Waals surface area contributed by atoms with Crippen molar-refractivity contribution in [1.82, 2.24) is 10.6 Å². The van der Waals surface area contributed by atoms with Crippen molar-refractivity contribution in [2.75, 3.05) is 32.8 Å². The zero-order valence-electron chi connectivity index (χ0n) is 13.8. The summed E-state index contributed by atoms with van der Waals surface area (Å²) in [5, 5.41) is 6.62. The Morgan fingerprint density at radius 3 is 2.67 bits per heavy atom. The predicted octanol–water partition coefficient (Wildman–Crippen LogP) is 2.44. The van der Waals surface area contributed by atoms with Crippen LogP contribution in [0.4, 0.5) is 0 Å². The quantitative estimate of drug-likeness (QED) is 0.439. The van der Waals surface area contributed by atoms with E-state index in [1.54, 1.807) is 0 Å². The molecule has 0 saturated heterocycles. The summed E-state index contributed by atoms with van der Waals surface area (Å²) in [6.07, 6.45) is 1.00. The Balaban J connectivity index is 2.42. The van der Waals surface area contributed by atoms with Crippen LogP contribution >= 0.6 is 0 Å². The normalized spacial score (nSPS) is 11.5. The molecule has 0 fully saturated rings. The third-order valence-electron chi connectivity index (χ3n) is 3.24. The van der Waals surface area contributed by atoms with E-state index < -0.39 is 0 Å². The first-order valence-electron chi connectivity index (χ1n) is 7.83. The highest BCUT2D eigenvalue weighted by molar-refractivity contribution is 5.79. The number of nitrogens with zero attached hydrogens (tertiary/aromatic N) is 1. The first-order chi connectivity index (χ1) is 10.2. The van der Waals surface area contributed by atoms with Gasteiger partial charge in [-0.2, -0.15) is 0 Å². The molecular weight excluding hydrogens is 262 g/mol. The van der Waals surface area contributed by atoms with Crippen molar-refractivity contribution >= 4 is 5.96 Å². The molecule has 1 aromatic rings. The Hall–Kier alpha value is -1.55. The van der Waals surface area contributed by atoms with E-state index in [2.05, 4.69) is 54.6 Å². The number of guanidine groups is 1. The van der Waals surface area contributed by atoms with Crippen LogP contribution in [-0.4, -0.2) is 38.8 Å². The molecule has 0 spiro atoms. The van der Waals surface area contributed by atoms with Crippen LogP contribution in [0.1, 0.15) is 30.5 Å². The molecule has 0 bridgehead atoms. The van der Waals surface area contributed by atoms with Crippen molar-refractivity contribution < 1.29 is 4.74 Å². The number of nitrogens with one attached hydrogen (secondary N) is 2. The lowest BCUT2D eigenvalue weighted by Crippen LogP contribution is -2.38. The van der Waals surface area contributed by atoms with Gasteiger partial charge in [0.15, 0.2) is 5.96 Å². The summed E-state index contributed by atoms with van der Waals surface area (Å²) < 4.78 is 5.30. The summed E-state index contributed by atoms with van der Waals surface area (Å²) in [6.45, 7) is 12.2. The molecule has 0 unspecified atom stereocenters. The molecule has 0 aliphatic rings. The standard InChI is InChI=1S/C17H29N3O/c1-5-18-17(20-11-12-21-6-2)19-10-9-16-8-7-14(3)13-15(16)4/h7-8,13H,5-6,9-12H2,1-4H3,(H2,18,19,20). The molecule has 4 heteroatoms. The lowest BCUT2D eigenvalue weighted by molar-refractivity contribution is 0.155. The fraction of sp³-hybridized carbons (Fsp3) is 0.588. The van der Waals surface area contributed by atoms with Gasteiger partial charge in [0.25, 0.3) is 0 Å². The van der Waals surface area contributed by atoms with Crippen molar-refractivity contribution in [1.29, 1.82) is 0 Å². The average molecular weight is 291 g/mol. The highest BCUT2D eigenvalue weighted by Crippen LogP contribution is 2.10. The second-order valence-electron chi connectivity index (χ2n) is 5.06. The first kappa shape index (κ1) is 17.5. The number of ether oxygens (including phenoxy) is 1. The Morgan fingerprint density at radius 2 is 2.00 bits per heavy atom. The molecule has 21 heavy (non-hydrogen) atoms. The van der Waals surface area contributed by atoms with Crippen LogP contribution in [0.15, 0.2) is 23.2 Å². The van der Waals surface area contributed by atoms with Crippen molar-refractivity contribution in [3.63, 3.8) is 0 Å². The van der Waals surface area contributed by atoms with Gasteiger partial charge in [-0.3, -0.25) is 4.99 Å². The minimum Gasteiger partial charge on any atom is -0.380 e. The van der Waals surface area contributed by atoms with E-state index in [9.17, 15) is 0 Å². The van der Waals surface area contributed by atoms with Gasteiger partial charge in [0.05, 0.1) is 13.2 Å². The van der Waals surface area contributed by atoms with Crippen molar-refractivity contribution in [3.05, 3.63) is 34.9 Å². The van der Waals surface area contributed by atoms with Crippen LogP contribution < -0.4 is 10.6 Å². The van der Waals surface area contributed by atoms with E-state index in [4.69, 9.17) is 4.74 Å². The molecule has 0 aromatic heterocycles. The van der Waals surface area contributed by atoms with Gasteiger partial charge in [-0.05, 0) is 45.2 Å². The molecule has 1 rings (SSSR count). The number of aryl methyl sites for hydroxylation is 2. The van der Waals surface area contributed by atoms with E-state index >= 15 is 0 Å². The van der Waals surface area contributed by atoms with Crippen molar-refractivity contribution in [2.45, 2.75) is 34.1 Å². The maximum absolute atomic E-state index is 5.30. The number of benzene rings is 1. The molecule has 4 nitrogen and oxygen atoms in total. The Morgan fingerprint density at radius 1 is 1.19 bits per heavy atom. The van der Waals surface area contributed by atoms with Crippen LogP contribution in [0.2, 0.25) is 0 Å². The average Bonchev–Trinajstić information content (AvgIpc) is 2.45.